The normalized spacial score (nSPS) is 15.1. The van der Waals surface area contributed by atoms with Gasteiger partial charge in [-0.25, -0.2) is 8.78 Å². The maximum Gasteiger partial charge on any atom is 0.130 e. The maximum atomic E-state index is 14.1. The van der Waals surface area contributed by atoms with Crippen LogP contribution in [0, 0.1) is 30.4 Å². The topological polar surface area (TPSA) is 12.0 Å². The average Bonchev–Trinajstić information content (AvgIpc) is 2.30. The zero-order valence-electron chi connectivity index (χ0n) is 12.7. The summed E-state index contributed by atoms with van der Waals surface area (Å²) < 4.78 is 27.5. The molecule has 0 aromatic heterocycles. The fourth-order valence-corrected chi connectivity index (χ4v) is 2.19. The summed E-state index contributed by atoms with van der Waals surface area (Å²) in [5.74, 6) is -0.265. The molecule has 1 N–H and O–H groups in total. The Morgan fingerprint density at radius 1 is 0.947 bits per heavy atom. The van der Waals surface area contributed by atoms with E-state index in [9.17, 15) is 8.78 Å². The van der Waals surface area contributed by atoms with E-state index in [1.807, 2.05) is 13.8 Å². The number of rotatable bonds is 5. The Balaban J connectivity index is 3.20. The molecule has 0 spiro atoms. The molecule has 0 radical (unpaired) electrons. The fraction of sp³-hybridized carbons (Fsp3) is 0.625. The molecule has 0 aliphatic rings. The first-order valence-electron chi connectivity index (χ1n) is 6.95. The molecule has 108 valence electrons. The third kappa shape index (κ3) is 4.00. The van der Waals surface area contributed by atoms with Gasteiger partial charge >= 0.3 is 0 Å². The van der Waals surface area contributed by atoms with E-state index in [1.165, 1.54) is 0 Å². The molecule has 1 rings (SSSR count). The standard InChI is InChI=1S/C16H25F2N/c1-9(2)12(6)16(19-10(3)4)13-7-11(5)14(17)8-15(13)18/h7-10,12,16,19H,1-6H3. The van der Waals surface area contributed by atoms with Gasteiger partial charge in [0.1, 0.15) is 11.6 Å². The second-order valence-corrected chi connectivity index (χ2v) is 6.03. The molecule has 0 amide bonds. The molecular formula is C16H25F2N. The van der Waals surface area contributed by atoms with E-state index in [0.29, 0.717) is 17.0 Å². The Morgan fingerprint density at radius 2 is 1.53 bits per heavy atom. The second-order valence-electron chi connectivity index (χ2n) is 6.03. The smallest absolute Gasteiger partial charge is 0.130 e. The molecule has 0 fully saturated rings. The Morgan fingerprint density at radius 3 is 2.00 bits per heavy atom. The van der Waals surface area contributed by atoms with E-state index in [4.69, 9.17) is 0 Å². The van der Waals surface area contributed by atoms with Crippen LogP contribution in [0.25, 0.3) is 0 Å². The zero-order valence-corrected chi connectivity index (χ0v) is 12.7. The van der Waals surface area contributed by atoms with Gasteiger partial charge in [0.05, 0.1) is 0 Å². The summed E-state index contributed by atoms with van der Waals surface area (Å²) in [6.07, 6.45) is 0. The van der Waals surface area contributed by atoms with Crippen LogP contribution in [0.15, 0.2) is 12.1 Å². The summed E-state index contributed by atoms with van der Waals surface area (Å²) in [6.45, 7) is 12.1. The molecule has 1 aromatic rings. The highest BCUT2D eigenvalue weighted by Crippen LogP contribution is 2.31. The van der Waals surface area contributed by atoms with Gasteiger partial charge in [-0.1, -0.05) is 34.6 Å². The molecule has 1 nitrogen and oxygen atoms in total. The van der Waals surface area contributed by atoms with Crippen molar-refractivity contribution in [2.24, 2.45) is 11.8 Å². The third-order valence-electron chi connectivity index (χ3n) is 3.70. The molecule has 0 saturated heterocycles. The lowest BCUT2D eigenvalue weighted by Gasteiger charge is -2.30. The second kappa shape index (κ2) is 6.47. The van der Waals surface area contributed by atoms with Crippen molar-refractivity contribution in [2.45, 2.75) is 53.6 Å². The quantitative estimate of drug-likeness (QED) is 0.823. The zero-order chi connectivity index (χ0) is 14.7. The molecule has 19 heavy (non-hydrogen) atoms. The van der Waals surface area contributed by atoms with Gasteiger partial charge in [0.15, 0.2) is 0 Å². The summed E-state index contributed by atoms with van der Waals surface area (Å²) in [7, 11) is 0. The molecule has 3 heteroatoms. The van der Waals surface area contributed by atoms with Crippen molar-refractivity contribution in [1.82, 2.24) is 5.32 Å². The molecule has 2 atom stereocenters. The highest BCUT2D eigenvalue weighted by Gasteiger charge is 2.25. The minimum Gasteiger partial charge on any atom is -0.307 e. The Kier molecular flexibility index (Phi) is 5.48. The van der Waals surface area contributed by atoms with Crippen molar-refractivity contribution < 1.29 is 8.78 Å². The Bertz CT molecular complexity index is 427. The highest BCUT2D eigenvalue weighted by molar-refractivity contribution is 5.29. The number of halogens is 2. The molecule has 1 aromatic carbocycles. The van der Waals surface area contributed by atoms with E-state index in [0.717, 1.165) is 6.07 Å². The van der Waals surface area contributed by atoms with Crippen LogP contribution in [-0.4, -0.2) is 6.04 Å². The summed E-state index contributed by atoms with van der Waals surface area (Å²) in [5.41, 5.74) is 1.05. The van der Waals surface area contributed by atoms with Crippen LogP contribution in [0.3, 0.4) is 0 Å². The summed E-state index contributed by atoms with van der Waals surface area (Å²) in [4.78, 5) is 0. The minimum atomic E-state index is -0.484. The van der Waals surface area contributed by atoms with Crippen LogP contribution in [0.4, 0.5) is 8.78 Å². The fourth-order valence-electron chi connectivity index (χ4n) is 2.19. The average molecular weight is 269 g/mol. The van der Waals surface area contributed by atoms with Gasteiger partial charge in [-0.3, -0.25) is 0 Å². The summed E-state index contributed by atoms with van der Waals surface area (Å²) >= 11 is 0. The number of hydrogen-bond donors (Lipinski definition) is 1. The van der Waals surface area contributed by atoms with E-state index >= 15 is 0 Å². The monoisotopic (exact) mass is 269 g/mol. The summed E-state index contributed by atoms with van der Waals surface area (Å²) in [6, 6.07) is 2.77. The maximum absolute atomic E-state index is 14.1. The van der Waals surface area contributed by atoms with Crippen molar-refractivity contribution >= 4 is 0 Å². The van der Waals surface area contributed by atoms with Crippen LogP contribution < -0.4 is 5.32 Å². The first-order valence-corrected chi connectivity index (χ1v) is 6.95. The molecular weight excluding hydrogens is 244 g/mol. The summed E-state index contributed by atoms with van der Waals surface area (Å²) in [5, 5.41) is 3.40. The van der Waals surface area contributed by atoms with Crippen LogP contribution in [0.1, 0.15) is 51.8 Å². The Hall–Kier alpha value is -0.960. The third-order valence-corrected chi connectivity index (χ3v) is 3.70. The SMILES string of the molecule is Cc1cc(C(NC(C)C)C(C)C(C)C)c(F)cc1F. The number of nitrogens with one attached hydrogen (secondary N) is 1. The highest BCUT2D eigenvalue weighted by atomic mass is 19.1. The lowest BCUT2D eigenvalue weighted by Crippen LogP contribution is -2.35. The number of benzene rings is 1. The Labute approximate surface area is 115 Å². The van der Waals surface area contributed by atoms with Gasteiger partial charge in [-0.05, 0) is 30.4 Å². The van der Waals surface area contributed by atoms with Crippen LogP contribution >= 0.6 is 0 Å². The predicted octanol–water partition coefficient (Wildman–Crippen LogP) is 4.60. The van der Waals surface area contributed by atoms with Crippen LogP contribution in [0.5, 0.6) is 0 Å². The number of aryl methyl sites for hydroxylation is 1. The van der Waals surface area contributed by atoms with Gasteiger partial charge in [-0.2, -0.15) is 0 Å². The minimum absolute atomic E-state index is 0.0979. The van der Waals surface area contributed by atoms with Gasteiger partial charge in [0, 0.05) is 23.7 Å². The van der Waals surface area contributed by atoms with Gasteiger partial charge in [0.25, 0.3) is 0 Å². The van der Waals surface area contributed by atoms with Crippen molar-refractivity contribution in [1.29, 1.82) is 0 Å². The van der Waals surface area contributed by atoms with Crippen LogP contribution in [-0.2, 0) is 0 Å². The molecule has 0 bridgehead atoms. The van der Waals surface area contributed by atoms with E-state index in [2.05, 4.69) is 26.1 Å². The van der Waals surface area contributed by atoms with Crippen LogP contribution in [0.2, 0.25) is 0 Å². The van der Waals surface area contributed by atoms with E-state index in [-0.39, 0.29) is 18.0 Å². The molecule has 0 aliphatic carbocycles. The molecule has 0 saturated carbocycles. The molecule has 2 unspecified atom stereocenters. The van der Waals surface area contributed by atoms with Crippen molar-refractivity contribution in [2.75, 3.05) is 0 Å². The molecule has 0 aliphatic heterocycles. The molecule has 0 heterocycles. The van der Waals surface area contributed by atoms with Gasteiger partial charge in [0.2, 0.25) is 0 Å². The van der Waals surface area contributed by atoms with Gasteiger partial charge < -0.3 is 5.32 Å². The van der Waals surface area contributed by atoms with E-state index in [1.54, 1.807) is 13.0 Å². The largest absolute Gasteiger partial charge is 0.307 e. The number of hydrogen-bond acceptors (Lipinski definition) is 1. The van der Waals surface area contributed by atoms with Crippen molar-refractivity contribution in [3.8, 4) is 0 Å². The van der Waals surface area contributed by atoms with E-state index < -0.39 is 11.6 Å². The predicted molar refractivity (Wildman–Crippen MR) is 76.1 cm³/mol. The first-order chi connectivity index (χ1) is 8.73. The van der Waals surface area contributed by atoms with Crippen molar-refractivity contribution in [3.05, 3.63) is 34.9 Å². The first kappa shape index (κ1) is 16.1. The lowest BCUT2D eigenvalue weighted by molar-refractivity contribution is 0.282. The lowest BCUT2D eigenvalue weighted by atomic mass is 9.85. The van der Waals surface area contributed by atoms with Crippen molar-refractivity contribution in [3.63, 3.8) is 0 Å². The van der Waals surface area contributed by atoms with Gasteiger partial charge in [-0.15, -0.1) is 0 Å².